The number of carbonyl (C=O) groups excluding carboxylic acids is 2. The number of benzene rings is 3. The van der Waals surface area contributed by atoms with Crippen molar-refractivity contribution in [3.8, 4) is 0 Å². The van der Waals surface area contributed by atoms with Crippen molar-refractivity contribution in [3.63, 3.8) is 0 Å². The lowest BCUT2D eigenvalue weighted by Gasteiger charge is -2.31. The van der Waals surface area contributed by atoms with Crippen LogP contribution in [0.3, 0.4) is 0 Å². The Bertz CT molecular complexity index is 1350. The maximum Gasteiger partial charge on any atom is 0.265 e. The van der Waals surface area contributed by atoms with Crippen molar-refractivity contribution in [1.29, 1.82) is 0 Å². The summed E-state index contributed by atoms with van der Waals surface area (Å²) >= 11 is 0. The average Bonchev–Trinajstić information content (AvgIpc) is 2.79. The number of allylic oxidation sites excluding steroid dienone is 1. The Morgan fingerprint density at radius 3 is 2.28 bits per heavy atom. The van der Waals surface area contributed by atoms with Crippen LogP contribution in [0.25, 0.3) is 5.76 Å². The molecule has 4 rings (SSSR count). The summed E-state index contributed by atoms with van der Waals surface area (Å²) in [5, 5.41) is 13.6. The molecule has 3 aromatic carbocycles. The Kier molecular flexibility index (Phi) is 5.54. The fourth-order valence-corrected chi connectivity index (χ4v) is 5.14. The van der Waals surface area contributed by atoms with Crippen LogP contribution in [0.2, 0.25) is 0 Å². The van der Waals surface area contributed by atoms with Crippen molar-refractivity contribution in [1.82, 2.24) is 4.31 Å². The third-order valence-electron chi connectivity index (χ3n) is 5.14. The van der Waals surface area contributed by atoms with E-state index >= 15 is 0 Å². The molecule has 0 unspecified atom stereocenters. The second-order valence-corrected chi connectivity index (χ2v) is 9.09. The van der Waals surface area contributed by atoms with Gasteiger partial charge in [-0.15, -0.1) is 0 Å². The van der Waals surface area contributed by atoms with Crippen LogP contribution in [0.4, 0.5) is 5.69 Å². The molecule has 3 aromatic rings. The molecule has 0 atom stereocenters. The lowest BCUT2D eigenvalue weighted by molar-refractivity contribution is -0.116. The van der Waals surface area contributed by atoms with Crippen LogP contribution in [0.15, 0.2) is 89.5 Å². The van der Waals surface area contributed by atoms with E-state index in [1.165, 1.54) is 18.2 Å². The topological polar surface area (TPSA) is 104 Å². The molecule has 0 radical (unpaired) electrons. The summed E-state index contributed by atoms with van der Waals surface area (Å²) in [5.41, 5.74) is 1.06. The third kappa shape index (κ3) is 3.76. The van der Waals surface area contributed by atoms with E-state index in [0.717, 1.165) is 5.56 Å². The number of fused-ring (bicyclic) bond motifs is 1. The number of hydrogen-bond acceptors (Lipinski definition) is 5. The molecule has 0 spiro atoms. The van der Waals surface area contributed by atoms with Crippen LogP contribution in [-0.4, -0.2) is 36.1 Å². The van der Waals surface area contributed by atoms with E-state index in [1.54, 1.807) is 61.5 Å². The molecule has 0 bridgehead atoms. The van der Waals surface area contributed by atoms with Gasteiger partial charge in [-0.1, -0.05) is 60.7 Å². The first-order valence-corrected chi connectivity index (χ1v) is 11.3. The summed E-state index contributed by atoms with van der Waals surface area (Å²) in [4.78, 5) is 25.9. The van der Waals surface area contributed by atoms with E-state index in [0.29, 0.717) is 9.99 Å². The van der Waals surface area contributed by atoms with Gasteiger partial charge in [0.05, 0.1) is 4.90 Å². The van der Waals surface area contributed by atoms with Crippen LogP contribution in [0, 0.1) is 6.92 Å². The predicted octanol–water partition coefficient (Wildman–Crippen LogP) is 3.75. The smallest absolute Gasteiger partial charge is 0.265 e. The van der Waals surface area contributed by atoms with Gasteiger partial charge in [-0.25, -0.2) is 12.7 Å². The molecule has 1 amide bonds. The van der Waals surface area contributed by atoms with Gasteiger partial charge in [0.1, 0.15) is 12.2 Å². The average molecular weight is 449 g/mol. The molecule has 0 saturated carbocycles. The first-order chi connectivity index (χ1) is 15.3. The van der Waals surface area contributed by atoms with Gasteiger partial charge in [0, 0.05) is 16.8 Å². The van der Waals surface area contributed by atoms with Crippen LogP contribution in [0.5, 0.6) is 0 Å². The standard InChI is InChI=1S/C24H20N2O5S/c1-16-9-5-7-13-19(16)25-21(27)15-26-22(23(28)17-10-3-2-4-11-17)24(29)18-12-6-8-14-20(18)32(26,30)31/h2-14,28H,15H2,1H3,(H,25,27)/b23-22+. The molecule has 0 aromatic heterocycles. The number of nitrogens with zero attached hydrogens (tertiary/aromatic N) is 1. The number of Topliss-reactive ketones (excluding diaryl/α,β-unsaturated/α-hetero) is 1. The van der Waals surface area contributed by atoms with Crippen molar-refractivity contribution < 1.29 is 23.1 Å². The molecule has 0 saturated heterocycles. The molecule has 8 heteroatoms. The fraction of sp³-hybridized carbons (Fsp3) is 0.0833. The zero-order valence-electron chi connectivity index (χ0n) is 17.1. The number of aryl methyl sites for hydroxylation is 1. The highest BCUT2D eigenvalue weighted by Gasteiger charge is 2.42. The normalized spacial score (nSPS) is 16.3. The van der Waals surface area contributed by atoms with Crippen LogP contribution in [-0.2, 0) is 14.8 Å². The molecule has 1 heterocycles. The van der Waals surface area contributed by atoms with Gasteiger partial charge < -0.3 is 10.4 Å². The molecule has 162 valence electrons. The van der Waals surface area contributed by atoms with Gasteiger partial charge in [0.2, 0.25) is 11.7 Å². The minimum atomic E-state index is -4.28. The molecule has 32 heavy (non-hydrogen) atoms. The number of carbonyl (C=O) groups is 2. The van der Waals surface area contributed by atoms with Crippen LogP contribution >= 0.6 is 0 Å². The fourth-order valence-electron chi connectivity index (χ4n) is 3.51. The highest BCUT2D eigenvalue weighted by molar-refractivity contribution is 7.89. The first kappa shape index (κ1) is 21.3. The highest BCUT2D eigenvalue weighted by Crippen LogP contribution is 2.35. The quantitative estimate of drug-likeness (QED) is 0.467. The Balaban J connectivity index is 1.82. The summed E-state index contributed by atoms with van der Waals surface area (Å²) in [7, 11) is -4.28. The van der Waals surface area contributed by atoms with Gasteiger partial charge in [-0.3, -0.25) is 9.59 Å². The highest BCUT2D eigenvalue weighted by atomic mass is 32.2. The Hall–Kier alpha value is -3.91. The molecule has 0 aliphatic carbocycles. The molecule has 1 aliphatic heterocycles. The van der Waals surface area contributed by atoms with Crippen molar-refractivity contribution >= 4 is 33.2 Å². The molecular weight excluding hydrogens is 428 g/mol. The Morgan fingerprint density at radius 2 is 1.56 bits per heavy atom. The largest absolute Gasteiger partial charge is 0.505 e. The maximum atomic E-state index is 13.4. The molecule has 7 nitrogen and oxygen atoms in total. The Labute approximate surface area is 185 Å². The molecule has 2 N–H and O–H groups in total. The van der Waals surface area contributed by atoms with Crippen molar-refractivity contribution in [2.24, 2.45) is 0 Å². The van der Waals surface area contributed by atoms with E-state index in [4.69, 9.17) is 0 Å². The number of nitrogens with one attached hydrogen (secondary N) is 1. The van der Waals surface area contributed by atoms with E-state index in [2.05, 4.69) is 5.32 Å². The number of aliphatic hydroxyl groups excluding tert-OH is 1. The van der Waals surface area contributed by atoms with Crippen LogP contribution in [0.1, 0.15) is 21.5 Å². The minimum absolute atomic E-state index is 0.0551. The van der Waals surface area contributed by atoms with E-state index < -0.39 is 39.7 Å². The molecule has 0 fully saturated rings. The number of hydrogen-bond donors (Lipinski definition) is 2. The summed E-state index contributed by atoms with van der Waals surface area (Å²) in [5.74, 6) is -1.84. The Morgan fingerprint density at radius 1 is 0.938 bits per heavy atom. The summed E-state index contributed by atoms with van der Waals surface area (Å²) < 4.78 is 27.5. The van der Waals surface area contributed by atoms with Crippen molar-refractivity contribution in [3.05, 3.63) is 101 Å². The summed E-state index contributed by atoms with van der Waals surface area (Å²) in [6.07, 6.45) is 0. The number of amides is 1. The number of sulfonamides is 1. The van der Waals surface area contributed by atoms with Gasteiger partial charge in [-0.2, -0.15) is 0 Å². The zero-order valence-corrected chi connectivity index (χ0v) is 18.0. The van der Waals surface area contributed by atoms with Crippen molar-refractivity contribution in [2.75, 3.05) is 11.9 Å². The monoisotopic (exact) mass is 448 g/mol. The lowest BCUT2D eigenvalue weighted by atomic mass is 10.0. The summed E-state index contributed by atoms with van der Waals surface area (Å²) in [6, 6.07) is 20.9. The SMILES string of the molecule is Cc1ccccc1NC(=O)CN1/C(=C(/O)c2ccccc2)C(=O)c2ccccc2S1(=O)=O. The number of anilines is 1. The van der Waals surface area contributed by atoms with Crippen LogP contribution < -0.4 is 5.32 Å². The van der Waals surface area contributed by atoms with Crippen molar-refractivity contribution in [2.45, 2.75) is 11.8 Å². The van der Waals surface area contributed by atoms with Gasteiger partial charge in [0.15, 0.2) is 5.76 Å². The second-order valence-electron chi connectivity index (χ2n) is 7.26. The zero-order chi connectivity index (χ0) is 22.9. The summed E-state index contributed by atoms with van der Waals surface area (Å²) in [6.45, 7) is 1.13. The first-order valence-electron chi connectivity index (χ1n) is 9.81. The number of rotatable bonds is 4. The minimum Gasteiger partial charge on any atom is -0.505 e. The second kappa shape index (κ2) is 8.32. The number of ketones is 1. The number of aliphatic hydroxyl groups is 1. The maximum absolute atomic E-state index is 13.4. The van der Waals surface area contributed by atoms with E-state index in [9.17, 15) is 23.1 Å². The van der Waals surface area contributed by atoms with Gasteiger partial charge >= 0.3 is 0 Å². The number of para-hydroxylation sites is 1. The predicted molar refractivity (Wildman–Crippen MR) is 120 cm³/mol. The third-order valence-corrected chi connectivity index (χ3v) is 6.95. The van der Waals surface area contributed by atoms with Gasteiger partial charge in [-0.05, 0) is 30.7 Å². The lowest BCUT2D eigenvalue weighted by Crippen LogP contribution is -2.44. The van der Waals surface area contributed by atoms with Gasteiger partial charge in [0.25, 0.3) is 10.0 Å². The molecular formula is C24H20N2O5S. The molecule has 1 aliphatic rings. The van der Waals surface area contributed by atoms with E-state index in [1.807, 2.05) is 6.07 Å². The van der Waals surface area contributed by atoms with E-state index in [-0.39, 0.29) is 16.0 Å².